The first kappa shape index (κ1) is 22.6. The van der Waals surface area contributed by atoms with Gasteiger partial charge in [0, 0.05) is 13.6 Å². The number of guanidine groups is 1. The van der Waals surface area contributed by atoms with Crippen molar-refractivity contribution in [1.29, 1.82) is 0 Å². The molecule has 1 aliphatic rings. The molecule has 33 heavy (non-hydrogen) atoms. The van der Waals surface area contributed by atoms with Gasteiger partial charge in [0.2, 0.25) is 5.96 Å². The lowest BCUT2D eigenvalue weighted by Crippen LogP contribution is -2.46. The van der Waals surface area contributed by atoms with Crippen LogP contribution >= 0.6 is 0 Å². The molecule has 0 aromatic heterocycles. The number of rotatable bonds is 4. The van der Waals surface area contributed by atoms with Gasteiger partial charge < -0.3 is 9.64 Å². The van der Waals surface area contributed by atoms with Crippen LogP contribution in [0.5, 0.6) is 0 Å². The second-order valence-corrected chi connectivity index (χ2v) is 9.33. The topological polar surface area (TPSA) is 45.1 Å². The lowest BCUT2D eigenvalue weighted by atomic mass is 9.94. The standard InChI is InChI=1S/C28H31N3O2/c1-28(2,3)33-27(32)31-25(23-18-12-7-13-19-23)24(22-16-10-6-11-17-22)29-26(31)30(4)20-21-14-8-5-9-15-21/h5-19,24-25H,20H2,1-4H3/t24-,25+/m1/s1. The van der Waals surface area contributed by atoms with Crippen molar-refractivity contribution in [1.82, 2.24) is 9.80 Å². The minimum Gasteiger partial charge on any atom is -0.443 e. The van der Waals surface area contributed by atoms with Crippen LogP contribution in [0.25, 0.3) is 0 Å². The number of carbonyl (C=O) groups is 1. The maximum absolute atomic E-state index is 13.6. The molecule has 0 saturated heterocycles. The van der Waals surface area contributed by atoms with Crippen LogP contribution in [0.3, 0.4) is 0 Å². The van der Waals surface area contributed by atoms with E-state index in [0.29, 0.717) is 12.5 Å². The summed E-state index contributed by atoms with van der Waals surface area (Å²) in [6.07, 6.45) is -0.395. The average Bonchev–Trinajstić information content (AvgIpc) is 3.21. The third-order valence-electron chi connectivity index (χ3n) is 5.52. The second-order valence-electron chi connectivity index (χ2n) is 9.33. The Labute approximate surface area is 196 Å². The predicted octanol–water partition coefficient (Wildman–Crippen LogP) is 6.21. The van der Waals surface area contributed by atoms with Crippen LogP contribution < -0.4 is 0 Å². The number of amides is 1. The Bertz CT molecular complexity index is 1090. The van der Waals surface area contributed by atoms with Gasteiger partial charge in [-0.3, -0.25) is 0 Å². The molecule has 0 radical (unpaired) electrons. The summed E-state index contributed by atoms with van der Waals surface area (Å²) in [6, 6.07) is 29.9. The largest absolute Gasteiger partial charge is 0.443 e. The molecule has 5 heteroatoms. The molecule has 1 amide bonds. The first-order chi connectivity index (χ1) is 15.8. The predicted molar refractivity (Wildman–Crippen MR) is 132 cm³/mol. The zero-order chi connectivity index (χ0) is 23.4. The van der Waals surface area contributed by atoms with Crippen molar-refractivity contribution in [2.75, 3.05) is 7.05 Å². The highest BCUT2D eigenvalue weighted by atomic mass is 16.6. The van der Waals surface area contributed by atoms with E-state index >= 15 is 0 Å². The van der Waals surface area contributed by atoms with E-state index in [2.05, 4.69) is 24.3 Å². The Kier molecular flexibility index (Phi) is 6.50. The highest BCUT2D eigenvalue weighted by Crippen LogP contribution is 2.43. The Hall–Kier alpha value is -3.60. The average molecular weight is 442 g/mol. The molecule has 0 unspecified atom stereocenters. The fraction of sp³-hybridized carbons (Fsp3) is 0.286. The zero-order valence-corrected chi connectivity index (χ0v) is 19.7. The van der Waals surface area contributed by atoms with Crippen molar-refractivity contribution in [3.8, 4) is 0 Å². The van der Waals surface area contributed by atoms with E-state index in [9.17, 15) is 4.79 Å². The third kappa shape index (κ3) is 5.25. The van der Waals surface area contributed by atoms with Crippen LogP contribution in [0.2, 0.25) is 0 Å². The van der Waals surface area contributed by atoms with Gasteiger partial charge in [0.15, 0.2) is 0 Å². The molecule has 4 rings (SSSR count). The summed E-state index contributed by atoms with van der Waals surface area (Å²) in [4.78, 5) is 22.4. The molecule has 170 valence electrons. The smallest absolute Gasteiger partial charge is 0.417 e. The van der Waals surface area contributed by atoms with Crippen LogP contribution in [-0.2, 0) is 11.3 Å². The number of hydrogen-bond donors (Lipinski definition) is 0. The summed E-state index contributed by atoms with van der Waals surface area (Å²) in [5, 5.41) is 0. The van der Waals surface area contributed by atoms with Crippen molar-refractivity contribution in [2.24, 2.45) is 4.99 Å². The fourth-order valence-electron chi connectivity index (χ4n) is 4.13. The van der Waals surface area contributed by atoms with E-state index < -0.39 is 11.7 Å². The van der Waals surface area contributed by atoms with Gasteiger partial charge >= 0.3 is 6.09 Å². The van der Waals surface area contributed by atoms with Crippen molar-refractivity contribution >= 4 is 12.1 Å². The first-order valence-corrected chi connectivity index (χ1v) is 11.3. The van der Waals surface area contributed by atoms with Crippen molar-refractivity contribution < 1.29 is 9.53 Å². The molecule has 5 nitrogen and oxygen atoms in total. The summed E-state index contributed by atoms with van der Waals surface area (Å²) in [5.74, 6) is 0.607. The molecule has 0 aliphatic carbocycles. The maximum atomic E-state index is 13.6. The third-order valence-corrected chi connectivity index (χ3v) is 5.52. The molecule has 0 saturated carbocycles. The monoisotopic (exact) mass is 441 g/mol. The van der Waals surface area contributed by atoms with Crippen molar-refractivity contribution in [2.45, 2.75) is 45.0 Å². The van der Waals surface area contributed by atoms with Gasteiger partial charge in [0.1, 0.15) is 11.6 Å². The Morgan fingerprint density at radius 3 is 1.94 bits per heavy atom. The fourth-order valence-corrected chi connectivity index (χ4v) is 4.13. The summed E-state index contributed by atoms with van der Waals surface area (Å²) in [7, 11) is 1.97. The first-order valence-electron chi connectivity index (χ1n) is 11.3. The molecular weight excluding hydrogens is 410 g/mol. The number of nitrogens with zero attached hydrogens (tertiary/aromatic N) is 3. The molecule has 0 bridgehead atoms. The molecule has 0 spiro atoms. The van der Waals surface area contributed by atoms with E-state index in [1.165, 1.54) is 0 Å². The zero-order valence-electron chi connectivity index (χ0n) is 19.7. The molecule has 1 heterocycles. The second kappa shape index (κ2) is 9.49. The van der Waals surface area contributed by atoms with Gasteiger partial charge in [-0.25, -0.2) is 14.7 Å². The molecule has 0 fully saturated rings. The van der Waals surface area contributed by atoms with Gasteiger partial charge in [0.25, 0.3) is 0 Å². The molecule has 1 aliphatic heterocycles. The minimum absolute atomic E-state index is 0.241. The normalized spacial score (nSPS) is 18.1. The van der Waals surface area contributed by atoms with Gasteiger partial charge in [0.05, 0.1) is 6.04 Å². The summed E-state index contributed by atoms with van der Waals surface area (Å²) < 4.78 is 5.87. The van der Waals surface area contributed by atoms with Gasteiger partial charge in [-0.05, 0) is 37.5 Å². The van der Waals surface area contributed by atoms with E-state index in [1.54, 1.807) is 4.90 Å². The van der Waals surface area contributed by atoms with E-state index in [0.717, 1.165) is 16.7 Å². The van der Waals surface area contributed by atoms with Crippen molar-refractivity contribution in [3.05, 3.63) is 108 Å². The van der Waals surface area contributed by atoms with Gasteiger partial charge in [-0.1, -0.05) is 91.0 Å². The quantitative estimate of drug-likeness (QED) is 0.484. The van der Waals surface area contributed by atoms with Gasteiger partial charge in [-0.15, -0.1) is 0 Å². The number of benzene rings is 3. The van der Waals surface area contributed by atoms with Crippen LogP contribution in [0.15, 0.2) is 96.0 Å². The molecule has 3 aromatic carbocycles. The highest BCUT2D eigenvalue weighted by molar-refractivity contribution is 5.96. The van der Waals surface area contributed by atoms with E-state index in [-0.39, 0.29) is 12.1 Å². The van der Waals surface area contributed by atoms with Crippen LogP contribution in [0.4, 0.5) is 4.79 Å². The van der Waals surface area contributed by atoms with Crippen molar-refractivity contribution in [3.63, 3.8) is 0 Å². The molecule has 2 atom stereocenters. The number of carbonyl (C=O) groups excluding carboxylic acids is 1. The number of ether oxygens (including phenoxy) is 1. The number of aliphatic imine (C=N–C) groups is 1. The van der Waals surface area contributed by atoms with Crippen LogP contribution in [-0.4, -0.2) is 34.5 Å². The highest BCUT2D eigenvalue weighted by Gasteiger charge is 2.44. The summed E-state index contributed by atoms with van der Waals surface area (Å²) in [5.41, 5.74) is 2.60. The lowest BCUT2D eigenvalue weighted by molar-refractivity contribution is 0.0296. The Balaban J connectivity index is 1.79. The summed E-state index contributed by atoms with van der Waals surface area (Å²) >= 11 is 0. The summed E-state index contributed by atoms with van der Waals surface area (Å²) in [6.45, 7) is 6.29. The van der Waals surface area contributed by atoms with E-state index in [1.807, 2.05) is 99.4 Å². The SMILES string of the molecule is CN(Cc1ccccc1)C1=N[C@H](c2ccccc2)[C@H](c2ccccc2)N1C(=O)OC(C)(C)C. The van der Waals surface area contributed by atoms with E-state index in [4.69, 9.17) is 9.73 Å². The van der Waals surface area contributed by atoms with Crippen LogP contribution in [0, 0.1) is 0 Å². The Morgan fingerprint density at radius 2 is 1.39 bits per heavy atom. The Morgan fingerprint density at radius 1 is 0.879 bits per heavy atom. The van der Waals surface area contributed by atoms with Gasteiger partial charge in [-0.2, -0.15) is 0 Å². The molecule has 0 N–H and O–H groups in total. The maximum Gasteiger partial charge on any atom is 0.417 e. The molecular formula is C28H31N3O2. The number of hydrogen-bond acceptors (Lipinski definition) is 4. The lowest BCUT2D eigenvalue weighted by Gasteiger charge is -2.33. The minimum atomic E-state index is -0.619. The van der Waals surface area contributed by atoms with Crippen LogP contribution in [0.1, 0.15) is 49.5 Å². The molecule has 3 aromatic rings.